The lowest BCUT2D eigenvalue weighted by molar-refractivity contribution is -0.269. The van der Waals surface area contributed by atoms with Gasteiger partial charge in [-0.15, -0.1) is 13.2 Å². The number of allylic oxidation sites excluding steroid dienone is 2. The average Bonchev–Trinajstić information content (AvgIpc) is 2.06. The summed E-state index contributed by atoms with van der Waals surface area (Å²) in [7, 11) is 0. The molecule has 88 valence electrons. The molecule has 0 N–H and O–H groups in total. The van der Waals surface area contributed by atoms with Crippen LogP contribution in [0.5, 0.6) is 0 Å². The van der Waals surface area contributed by atoms with Crippen LogP contribution < -0.4 is 0 Å². The number of halogens is 3. The zero-order chi connectivity index (χ0) is 11.5. The van der Waals surface area contributed by atoms with Crippen LogP contribution in [0.15, 0.2) is 11.8 Å². The minimum atomic E-state index is -4.65. The van der Waals surface area contributed by atoms with Gasteiger partial charge in [-0.05, 0) is 24.3 Å². The van der Waals surface area contributed by atoms with E-state index in [2.05, 4.69) is 18.0 Å². The van der Waals surface area contributed by atoms with Gasteiger partial charge in [-0.3, -0.25) is 0 Å². The fraction of sp³-hybridized carbons (Fsp3) is 0.778. The van der Waals surface area contributed by atoms with Gasteiger partial charge in [-0.1, -0.05) is 13.8 Å². The van der Waals surface area contributed by atoms with Gasteiger partial charge in [0.15, 0.2) is 0 Å². The molecule has 0 saturated heterocycles. The highest BCUT2D eigenvalue weighted by Gasteiger charge is 2.31. The summed E-state index contributed by atoms with van der Waals surface area (Å²) in [5.41, 5.74) is 0.211. The predicted molar refractivity (Wildman–Crippen MR) is 51.5 cm³/mol. The van der Waals surface area contributed by atoms with Crippen LogP contribution in [0.2, 0.25) is 0 Å². The van der Waals surface area contributed by atoms with Gasteiger partial charge in [0.25, 0.3) is 0 Å². The van der Waals surface area contributed by atoms with E-state index in [-0.39, 0.29) is 17.7 Å². The first-order chi connectivity index (χ1) is 6.79. The Morgan fingerprint density at radius 1 is 1.40 bits per heavy atom. The van der Waals surface area contributed by atoms with Gasteiger partial charge >= 0.3 is 6.36 Å². The van der Waals surface area contributed by atoms with Crippen molar-refractivity contribution in [3.05, 3.63) is 11.8 Å². The minimum Gasteiger partial charge on any atom is -0.405 e. The van der Waals surface area contributed by atoms with E-state index >= 15 is 0 Å². The monoisotopic (exact) mass is 242 g/mol. The third kappa shape index (κ3) is 5.32. The summed E-state index contributed by atoms with van der Waals surface area (Å²) in [6.07, 6.45) is -0.461. The van der Waals surface area contributed by atoms with Gasteiger partial charge in [-0.25, -0.2) is 0 Å². The minimum absolute atomic E-state index is 0.0264. The normalized spacial score (nSPS) is 21.0. The molecule has 0 spiro atoms. The molecule has 1 aliphatic carbocycles. The van der Waals surface area contributed by atoms with E-state index in [1.54, 1.807) is 0 Å². The van der Waals surface area contributed by atoms with Crippen molar-refractivity contribution in [3.8, 4) is 0 Å². The lowest BCUT2D eigenvalue weighted by Crippen LogP contribution is -2.15. The van der Waals surface area contributed by atoms with Crippen LogP contribution in [-0.4, -0.2) is 6.36 Å². The SMILES string of the molecule is CC1(C)CC=C(OSOC(F)(F)F)CC1. The molecule has 0 aromatic carbocycles. The quantitative estimate of drug-likeness (QED) is 0.691. The van der Waals surface area contributed by atoms with Crippen molar-refractivity contribution in [1.82, 2.24) is 0 Å². The molecule has 15 heavy (non-hydrogen) atoms. The number of rotatable bonds is 3. The average molecular weight is 242 g/mol. The van der Waals surface area contributed by atoms with Gasteiger partial charge in [-0.2, -0.15) is 4.18 Å². The van der Waals surface area contributed by atoms with Crippen molar-refractivity contribution < 1.29 is 21.5 Å². The molecule has 1 rings (SSSR count). The number of alkyl halides is 3. The van der Waals surface area contributed by atoms with E-state index in [1.807, 2.05) is 6.08 Å². The third-order valence-corrected chi connectivity index (χ3v) is 2.74. The van der Waals surface area contributed by atoms with Gasteiger partial charge in [0.1, 0.15) is 5.76 Å². The molecular weight excluding hydrogens is 229 g/mol. The first-order valence-electron chi connectivity index (χ1n) is 4.57. The Labute approximate surface area is 91.2 Å². The van der Waals surface area contributed by atoms with Crippen molar-refractivity contribution in [3.63, 3.8) is 0 Å². The first-order valence-corrected chi connectivity index (χ1v) is 5.23. The summed E-state index contributed by atoms with van der Waals surface area (Å²) in [6.45, 7) is 4.22. The Hall–Kier alpha value is -0.360. The molecule has 0 atom stereocenters. The molecule has 0 aromatic heterocycles. The summed E-state index contributed by atoms with van der Waals surface area (Å²) in [4.78, 5) is 0. The van der Waals surface area contributed by atoms with E-state index in [4.69, 9.17) is 4.18 Å². The molecule has 0 aromatic rings. The Morgan fingerprint density at radius 3 is 2.53 bits per heavy atom. The van der Waals surface area contributed by atoms with E-state index in [0.717, 1.165) is 12.8 Å². The molecule has 0 saturated carbocycles. The Kier molecular flexibility index (Phi) is 3.94. The molecule has 0 amide bonds. The largest absolute Gasteiger partial charge is 0.536 e. The van der Waals surface area contributed by atoms with Crippen LogP contribution in [0.25, 0.3) is 0 Å². The second-order valence-electron chi connectivity index (χ2n) is 4.22. The van der Waals surface area contributed by atoms with E-state index in [9.17, 15) is 13.2 Å². The van der Waals surface area contributed by atoms with Gasteiger partial charge in [0.2, 0.25) is 12.3 Å². The van der Waals surface area contributed by atoms with Crippen LogP contribution in [0.3, 0.4) is 0 Å². The van der Waals surface area contributed by atoms with E-state index < -0.39 is 6.36 Å². The Balaban J connectivity index is 2.27. The molecule has 2 nitrogen and oxygen atoms in total. The summed E-state index contributed by atoms with van der Waals surface area (Å²) in [6, 6.07) is 0. The highest BCUT2D eigenvalue weighted by molar-refractivity contribution is 7.90. The van der Waals surface area contributed by atoms with Gasteiger partial charge in [0.05, 0.1) is 0 Å². The smallest absolute Gasteiger partial charge is 0.405 e. The van der Waals surface area contributed by atoms with Crippen LogP contribution >= 0.6 is 12.3 Å². The molecule has 0 heterocycles. The van der Waals surface area contributed by atoms with Crippen LogP contribution in [0.4, 0.5) is 13.2 Å². The van der Waals surface area contributed by atoms with Crippen LogP contribution in [-0.2, 0) is 8.37 Å². The second kappa shape index (κ2) is 4.65. The van der Waals surface area contributed by atoms with Crippen molar-refractivity contribution in [1.29, 1.82) is 0 Å². The number of hydrogen-bond acceptors (Lipinski definition) is 3. The Bertz CT molecular complexity index is 248. The van der Waals surface area contributed by atoms with Crippen molar-refractivity contribution >= 4 is 12.3 Å². The third-order valence-electron chi connectivity index (χ3n) is 2.20. The standard InChI is InChI=1S/C9H13F3O2S/c1-8(2)5-3-7(4-6-8)13-15-14-9(10,11)12/h3H,4-6H2,1-2H3. The molecule has 0 fully saturated rings. The van der Waals surface area contributed by atoms with Crippen LogP contribution in [0.1, 0.15) is 33.1 Å². The fourth-order valence-electron chi connectivity index (χ4n) is 1.23. The Morgan fingerprint density at radius 2 is 2.07 bits per heavy atom. The van der Waals surface area contributed by atoms with Crippen LogP contribution in [0, 0.1) is 5.41 Å². The first kappa shape index (κ1) is 12.7. The molecule has 0 radical (unpaired) electrons. The fourth-order valence-corrected chi connectivity index (χ4v) is 1.58. The highest BCUT2D eigenvalue weighted by atomic mass is 32.2. The molecule has 6 heteroatoms. The topological polar surface area (TPSA) is 18.5 Å². The maximum atomic E-state index is 11.6. The molecular formula is C9H13F3O2S. The zero-order valence-electron chi connectivity index (χ0n) is 8.56. The van der Waals surface area contributed by atoms with Gasteiger partial charge < -0.3 is 4.18 Å². The lowest BCUT2D eigenvalue weighted by Gasteiger charge is -2.27. The molecule has 0 bridgehead atoms. The number of hydrogen-bond donors (Lipinski definition) is 0. The highest BCUT2D eigenvalue weighted by Crippen LogP contribution is 2.36. The summed E-state index contributed by atoms with van der Waals surface area (Å²) >= 11 is -0.0264. The maximum absolute atomic E-state index is 11.6. The summed E-state index contributed by atoms with van der Waals surface area (Å²) in [5, 5.41) is 0. The van der Waals surface area contributed by atoms with Crippen molar-refractivity contribution in [2.45, 2.75) is 39.5 Å². The van der Waals surface area contributed by atoms with E-state index in [0.29, 0.717) is 12.2 Å². The maximum Gasteiger partial charge on any atom is 0.536 e. The summed E-state index contributed by atoms with van der Waals surface area (Å²) in [5.74, 6) is 0.559. The molecule has 0 aliphatic heterocycles. The van der Waals surface area contributed by atoms with Crippen molar-refractivity contribution in [2.75, 3.05) is 0 Å². The molecule has 0 unspecified atom stereocenters. The zero-order valence-corrected chi connectivity index (χ0v) is 9.37. The predicted octanol–water partition coefficient (Wildman–Crippen LogP) is 4.20. The second-order valence-corrected chi connectivity index (χ2v) is 4.69. The van der Waals surface area contributed by atoms with Gasteiger partial charge in [0, 0.05) is 6.42 Å². The molecule has 1 aliphatic rings. The van der Waals surface area contributed by atoms with Crippen molar-refractivity contribution in [2.24, 2.45) is 5.41 Å². The summed E-state index contributed by atoms with van der Waals surface area (Å²) < 4.78 is 43.0. The van der Waals surface area contributed by atoms with E-state index in [1.165, 1.54) is 0 Å². The lowest BCUT2D eigenvalue weighted by atomic mass is 9.80.